The predicted molar refractivity (Wildman–Crippen MR) is 70.9 cm³/mol. The fraction of sp³-hybridized carbons (Fsp3) is 0.0667. The molecule has 19 heavy (non-hydrogen) atoms. The second-order valence-corrected chi connectivity index (χ2v) is 3.75. The third-order valence-electron chi connectivity index (χ3n) is 2.43. The summed E-state index contributed by atoms with van der Waals surface area (Å²) in [6, 6.07) is 18.0. The molecule has 4 heteroatoms. The first-order valence-corrected chi connectivity index (χ1v) is 5.78. The Morgan fingerprint density at radius 1 is 1.11 bits per heavy atom. The standard InChI is InChI=1S/C15H12N2O2/c16-10-11-17-15(18)13-8-4-5-9-14(13)19-12-6-2-1-3-7-12/h1-9H,11H2,(H,17,18). The van der Waals surface area contributed by atoms with Crippen molar-refractivity contribution >= 4 is 5.91 Å². The van der Waals surface area contributed by atoms with Crippen molar-refractivity contribution in [3.8, 4) is 17.6 Å². The summed E-state index contributed by atoms with van der Waals surface area (Å²) < 4.78 is 5.67. The number of carbonyl (C=O) groups excluding carboxylic acids is 1. The minimum absolute atomic E-state index is 0.0293. The van der Waals surface area contributed by atoms with Crippen LogP contribution in [0.3, 0.4) is 0 Å². The van der Waals surface area contributed by atoms with Gasteiger partial charge in [-0.05, 0) is 24.3 Å². The number of benzene rings is 2. The van der Waals surface area contributed by atoms with Crippen LogP contribution < -0.4 is 10.1 Å². The summed E-state index contributed by atoms with van der Waals surface area (Å²) in [5, 5.41) is 11.0. The molecule has 0 unspecified atom stereocenters. The van der Waals surface area contributed by atoms with Gasteiger partial charge < -0.3 is 10.1 Å². The number of carbonyl (C=O) groups is 1. The molecule has 2 aromatic carbocycles. The largest absolute Gasteiger partial charge is 0.457 e. The third kappa shape index (κ3) is 3.33. The number of nitrogens with zero attached hydrogens (tertiary/aromatic N) is 1. The topological polar surface area (TPSA) is 62.1 Å². The van der Waals surface area contributed by atoms with Crippen LogP contribution in [0.5, 0.6) is 11.5 Å². The first-order chi connectivity index (χ1) is 9.31. The zero-order valence-electron chi connectivity index (χ0n) is 10.2. The van der Waals surface area contributed by atoms with Crippen LogP contribution in [0, 0.1) is 11.3 Å². The summed E-state index contributed by atoms with van der Waals surface area (Å²) in [5.41, 5.74) is 0.404. The van der Waals surface area contributed by atoms with E-state index in [4.69, 9.17) is 10.00 Å². The molecule has 0 saturated heterocycles. The van der Waals surface area contributed by atoms with Crippen molar-refractivity contribution in [2.75, 3.05) is 6.54 Å². The Balaban J connectivity index is 2.22. The van der Waals surface area contributed by atoms with E-state index < -0.39 is 0 Å². The molecule has 0 radical (unpaired) electrons. The molecule has 0 aliphatic heterocycles. The summed E-state index contributed by atoms with van der Waals surface area (Å²) in [6.07, 6.45) is 0. The van der Waals surface area contributed by atoms with Crippen LogP contribution >= 0.6 is 0 Å². The number of amides is 1. The maximum Gasteiger partial charge on any atom is 0.255 e. The SMILES string of the molecule is N#CCNC(=O)c1ccccc1Oc1ccccc1. The van der Waals surface area contributed by atoms with Gasteiger partial charge in [0, 0.05) is 0 Å². The van der Waals surface area contributed by atoms with Crippen LogP contribution in [0.15, 0.2) is 54.6 Å². The Bertz CT molecular complexity index is 603. The van der Waals surface area contributed by atoms with Gasteiger partial charge in [-0.3, -0.25) is 4.79 Å². The number of para-hydroxylation sites is 2. The van der Waals surface area contributed by atoms with E-state index in [0.29, 0.717) is 17.1 Å². The van der Waals surface area contributed by atoms with E-state index in [-0.39, 0.29) is 12.5 Å². The fourth-order valence-corrected chi connectivity index (χ4v) is 1.57. The van der Waals surface area contributed by atoms with Crippen LogP contribution in [-0.4, -0.2) is 12.5 Å². The van der Waals surface area contributed by atoms with Gasteiger partial charge in [0.05, 0.1) is 11.6 Å². The van der Waals surface area contributed by atoms with Gasteiger partial charge in [0.25, 0.3) is 5.91 Å². The Hall–Kier alpha value is -2.80. The first kappa shape index (κ1) is 12.7. The summed E-state index contributed by atoms with van der Waals surface area (Å²) in [5.74, 6) is 0.792. The average Bonchev–Trinajstić information content (AvgIpc) is 2.46. The van der Waals surface area contributed by atoms with Gasteiger partial charge in [-0.1, -0.05) is 30.3 Å². The van der Waals surface area contributed by atoms with Crippen LogP contribution in [0.2, 0.25) is 0 Å². The van der Waals surface area contributed by atoms with Gasteiger partial charge in [0.1, 0.15) is 18.0 Å². The second-order valence-electron chi connectivity index (χ2n) is 3.75. The van der Waals surface area contributed by atoms with Crippen LogP contribution in [0.4, 0.5) is 0 Å². The summed E-state index contributed by atoms with van der Waals surface area (Å²) in [4.78, 5) is 11.9. The van der Waals surface area contributed by atoms with Gasteiger partial charge >= 0.3 is 0 Å². The lowest BCUT2D eigenvalue weighted by Gasteiger charge is -2.10. The summed E-state index contributed by atoms with van der Waals surface area (Å²) >= 11 is 0. The highest BCUT2D eigenvalue weighted by Gasteiger charge is 2.11. The highest BCUT2D eigenvalue weighted by atomic mass is 16.5. The van der Waals surface area contributed by atoms with Gasteiger partial charge in [-0.2, -0.15) is 5.26 Å². The number of nitriles is 1. The van der Waals surface area contributed by atoms with E-state index in [0.717, 1.165) is 0 Å². The van der Waals surface area contributed by atoms with Crippen molar-refractivity contribution in [1.82, 2.24) is 5.32 Å². The van der Waals surface area contributed by atoms with Crippen LogP contribution in [0.25, 0.3) is 0 Å². The molecule has 94 valence electrons. The number of hydrogen-bond donors (Lipinski definition) is 1. The number of ether oxygens (including phenoxy) is 1. The molecule has 1 N–H and O–H groups in total. The smallest absolute Gasteiger partial charge is 0.255 e. The molecule has 1 amide bonds. The molecule has 0 aromatic heterocycles. The van der Waals surface area contributed by atoms with Gasteiger partial charge in [0.15, 0.2) is 0 Å². The number of nitrogens with one attached hydrogen (secondary N) is 1. The fourth-order valence-electron chi connectivity index (χ4n) is 1.57. The quantitative estimate of drug-likeness (QED) is 0.851. The zero-order chi connectivity index (χ0) is 13.5. The van der Waals surface area contributed by atoms with E-state index >= 15 is 0 Å². The Kier molecular flexibility index (Phi) is 4.14. The van der Waals surface area contributed by atoms with E-state index in [9.17, 15) is 4.79 Å². The molecule has 0 heterocycles. The molecule has 0 saturated carbocycles. The molecule has 0 aliphatic carbocycles. The minimum atomic E-state index is -0.326. The van der Waals surface area contributed by atoms with Crippen LogP contribution in [0.1, 0.15) is 10.4 Å². The first-order valence-electron chi connectivity index (χ1n) is 5.78. The van der Waals surface area contributed by atoms with E-state index in [2.05, 4.69) is 5.32 Å². The zero-order valence-corrected chi connectivity index (χ0v) is 10.2. The van der Waals surface area contributed by atoms with Crippen molar-refractivity contribution in [3.63, 3.8) is 0 Å². The van der Waals surface area contributed by atoms with Crippen molar-refractivity contribution in [2.24, 2.45) is 0 Å². The Morgan fingerprint density at radius 3 is 2.53 bits per heavy atom. The second kappa shape index (κ2) is 6.22. The monoisotopic (exact) mass is 252 g/mol. The van der Waals surface area contributed by atoms with Gasteiger partial charge in [-0.25, -0.2) is 0 Å². The highest BCUT2D eigenvalue weighted by Crippen LogP contribution is 2.24. The van der Waals surface area contributed by atoms with E-state index in [1.165, 1.54) is 0 Å². The van der Waals surface area contributed by atoms with Crippen molar-refractivity contribution in [3.05, 3.63) is 60.2 Å². The number of rotatable bonds is 4. The Morgan fingerprint density at radius 2 is 1.79 bits per heavy atom. The lowest BCUT2D eigenvalue weighted by molar-refractivity contribution is 0.0956. The van der Waals surface area contributed by atoms with Crippen molar-refractivity contribution in [1.29, 1.82) is 5.26 Å². The van der Waals surface area contributed by atoms with Crippen LogP contribution in [-0.2, 0) is 0 Å². The number of hydrogen-bond acceptors (Lipinski definition) is 3. The summed E-state index contributed by atoms with van der Waals surface area (Å²) in [6.45, 7) is -0.0293. The third-order valence-corrected chi connectivity index (χ3v) is 2.43. The predicted octanol–water partition coefficient (Wildman–Crippen LogP) is 2.73. The average molecular weight is 252 g/mol. The molecule has 0 aliphatic rings. The van der Waals surface area contributed by atoms with Gasteiger partial charge in [-0.15, -0.1) is 0 Å². The molecular formula is C15H12N2O2. The lowest BCUT2D eigenvalue weighted by atomic mass is 10.2. The molecule has 2 rings (SSSR count). The highest BCUT2D eigenvalue weighted by molar-refractivity contribution is 5.97. The molecule has 0 atom stereocenters. The molecule has 4 nitrogen and oxygen atoms in total. The van der Waals surface area contributed by atoms with Gasteiger partial charge in [0.2, 0.25) is 0 Å². The Labute approximate surface area is 111 Å². The minimum Gasteiger partial charge on any atom is -0.457 e. The van der Waals surface area contributed by atoms with Crippen molar-refractivity contribution in [2.45, 2.75) is 0 Å². The maximum absolute atomic E-state index is 11.9. The molecule has 2 aromatic rings. The maximum atomic E-state index is 11.9. The normalized spacial score (nSPS) is 9.42. The molecule has 0 fully saturated rings. The molecule has 0 spiro atoms. The molecule has 0 bridgehead atoms. The van der Waals surface area contributed by atoms with Crippen molar-refractivity contribution < 1.29 is 9.53 Å². The molecular weight excluding hydrogens is 240 g/mol. The summed E-state index contributed by atoms with van der Waals surface area (Å²) in [7, 11) is 0. The van der Waals surface area contributed by atoms with E-state index in [1.54, 1.807) is 24.3 Å². The lowest BCUT2D eigenvalue weighted by Crippen LogP contribution is -2.23. The van der Waals surface area contributed by atoms with E-state index in [1.807, 2.05) is 36.4 Å².